The second kappa shape index (κ2) is 5.83. The molecule has 1 aromatic carbocycles. The van der Waals surface area contributed by atoms with E-state index in [-0.39, 0.29) is 0 Å². The zero-order chi connectivity index (χ0) is 12.2. The average Bonchev–Trinajstić information content (AvgIpc) is 2.28. The van der Waals surface area contributed by atoms with Gasteiger partial charge < -0.3 is 5.11 Å². The minimum Gasteiger partial charge on any atom is -0.385 e. The highest BCUT2D eigenvalue weighted by Gasteiger charge is 2.28. The van der Waals surface area contributed by atoms with Crippen molar-refractivity contribution in [2.75, 3.05) is 0 Å². The third kappa shape index (κ3) is 3.33. The summed E-state index contributed by atoms with van der Waals surface area (Å²) in [4.78, 5) is 0. The van der Waals surface area contributed by atoms with Gasteiger partial charge in [-0.1, -0.05) is 55.3 Å². The molecule has 0 aliphatic carbocycles. The molecule has 0 aliphatic rings. The van der Waals surface area contributed by atoms with Gasteiger partial charge in [-0.2, -0.15) is 0 Å². The molecule has 16 heavy (non-hydrogen) atoms. The molecule has 0 saturated heterocycles. The quantitative estimate of drug-likeness (QED) is 0.845. The highest BCUT2D eigenvalue weighted by Crippen LogP contribution is 2.33. The maximum Gasteiger partial charge on any atom is 0.0896 e. The molecule has 1 nitrogen and oxygen atoms in total. The number of rotatable bonds is 5. The third-order valence-corrected chi connectivity index (χ3v) is 3.82. The van der Waals surface area contributed by atoms with Crippen molar-refractivity contribution in [2.45, 2.75) is 45.6 Å². The van der Waals surface area contributed by atoms with Crippen LogP contribution in [-0.4, -0.2) is 5.11 Å². The van der Waals surface area contributed by atoms with Crippen LogP contribution in [-0.2, 0) is 5.60 Å². The number of hydrogen-bond donors (Lipinski definition) is 1. The number of benzene rings is 1. The molecule has 1 aromatic rings. The van der Waals surface area contributed by atoms with E-state index >= 15 is 0 Å². The SMILES string of the molecule is CCC(C)CC(O)(CC)c1cccc(Br)c1. The smallest absolute Gasteiger partial charge is 0.0896 e. The predicted molar refractivity (Wildman–Crippen MR) is 72.4 cm³/mol. The highest BCUT2D eigenvalue weighted by atomic mass is 79.9. The molecule has 2 unspecified atom stereocenters. The standard InChI is InChI=1S/C14H21BrO/c1-4-11(3)10-14(16,5-2)12-7-6-8-13(15)9-12/h6-9,11,16H,4-5,10H2,1-3H3. The fraction of sp³-hybridized carbons (Fsp3) is 0.571. The van der Waals surface area contributed by atoms with Crippen LogP contribution in [0.25, 0.3) is 0 Å². The lowest BCUT2D eigenvalue weighted by Gasteiger charge is -2.30. The number of hydrogen-bond acceptors (Lipinski definition) is 1. The molecule has 1 N–H and O–H groups in total. The highest BCUT2D eigenvalue weighted by molar-refractivity contribution is 9.10. The van der Waals surface area contributed by atoms with E-state index in [2.05, 4.69) is 29.8 Å². The van der Waals surface area contributed by atoms with Crippen molar-refractivity contribution in [1.82, 2.24) is 0 Å². The maximum absolute atomic E-state index is 10.7. The van der Waals surface area contributed by atoms with Gasteiger partial charge >= 0.3 is 0 Å². The first-order chi connectivity index (χ1) is 7.51. The summed E-state index contributed by atoms with van der Waals surface area (Å²) in [5, 5.41) is 10.7. The fourth-order valence-corrected chi connectivity index (χ4v) is 2.36. The molecule has 0 aliphatic heterocycles. The van der Waals surface area contributed by atoms with E-state index in [0.717, 1.165) is 29.3 Å². The van der Waals surface area contributed by atoms with Gasteiger partial charge in [-0.05, 0) is 36.5 Å². The summed E-state index contributed by atoms with van der Waals surface area (Å²) in [6.07, 6.45) is 2.69. The van der Waals surface area contributed by atoms with Crippen LogP contribution in [0.4, 0.5) is 0 Å². The molecule has 2 heteroatoms. The summed E-state index contributed by atoms with van der Waals surface area (Å²) in [6.45, 7) is 6.41. The Balaban J connectivity index is 2.95. The van der Waals surface area contributed by atoms with Gasteiger partial charge in [0, 0.05) is 4.47 Å². The van der Waals surface area contributed by atoms with Gasteiger partial charge in [0.05, 0.1) is 5.60 Å². The van der Waals surface area contributed by atoms with Gasteiger partial charge in [0.25, 0.3) is 0 Å². The Kier molecular flexibility index (Phi) is 5.00. The van der Waals surface area contributed by atoms with Crippen molar-refractivity contribution in [3.8, 4) is 0 Å². The number of halogens is 1. The first-order valence-electron chi connectivity index (χ1n) is 6.00. The van der Waals surface area contributed by atoms with E-state index in [1.807, 2.05) is 31.2 Å². The van der Waals surface area contributed by atoms with Gasteiger partial charge in [0.15, 0.2) is 0 Å². The zero-order valence-electron chi connectivity index (χ0n) is 10.3. The normalized spacial score (nSPS) is 16.8. The molecule has 1 rings (SSSR count). The van der Waals surface area contributed by atoms with Crippen LogP contribution >= 0.6 is 15.9 Å². The third-order valence-electron chi connectivity index (χ3n) is 3.33. The van der Waals surface area contributed by atoms with E-state index in [0.29, 0.717) is 5.92 Å². The van der Waals surface area contributed by atoms with Gasteiger partial charge in [-0.15, -0.1) is 0 Å². The minimum atomic E-state index is -0.681. The average molecular weight is 285 g/mol. The van der Waals surface area contributed by atoms with Crippen molar-refractivity contribution >= 4 is 15.9 Å². The van der Waals surface area contributed by atoms with Crippen LogP contribution in [0.15, 0.2) is 28.7 Å². The zero-order valence-corrected chi connectivity index (χ0v) is 11.9. The van der Waals surface area contributed by atoms with Crippen LogP contribution < -0.4 is 0 Å². The van der Waals surface area contributed by atoms with Crippen molar-refractivity contribution in [3.63, 3.8) is 0 Å². The summed E-state index contributed by atoms with van der Waals surface area (Å²) in [5.74, 6) is 0.545. The summed E-state index contributed by atoms with van der Waals surface area (Å²) in [7, 11) is 0. The molecule has 0 fully saturated rings. The van der Waals surface area contributed by atoms with E-state index in [4.69, 9.17) is 0 Å². The second-order valence-electron chi connectivity index (χ2n) is 4.61. The molecule has 0 saturated carbocycles. The molecule has 0 bridgehead atoms. The molecule has 0 aromatic heterocycles. The van der Waals surface area contributed by atoms with Crippen molar-refractivity contribution in [3.05, 3.63) is 34.3 Å². The first-order valence-corrected chi connectivity index (χ1v) is 6.79. The molecular weight excluding hydrogens is 264 g/mol. The Hall–Kier alpha value is -0.340. The maximum atomic E-state index is 10.7. The van der Waals surface area contributed by atoms with Crippen LogP contribution in [0.2, 0.25) is 0 Å². The summed E-state index contributed by atoms with van der Waals surface area (Å²) >= 11 is 3.46. The molecular formula is C14H21BrO. The Morgan fingerprint density at radius 1 is 1.38 bits per heavy atom. The predicted octanol–water partition coefficient (Wildman–Crippen LogP) is 4.48. The molecule has 0 radical (unpaired) electrons. The van der Waals surface area contributed by atoms with E-state index < -0.39 is 5.60 Å². The Morgan fingerprint density at radius 2 is 2.06 bits per heavy atom. The summed E-state index contributed by atoms with van der Waals surface area (Å²) in [6, 6.07) is 8.00. The first kappa shape index (κ1) is 13.7. The van der Waals surface area contributed by atoms with Gasteiger partial charge in [-0.3, -0.25) is 0 Å². The number of aliphatic hydroxyl groups is 1. The Labute approximate surface area is 107 Å². The monoisotopic (exact) mass is 284 g/mol. The van der Waals surface area contributed by atoms with Crippen LogP contribution in [0.1, 0.15) is 45.6 Å². The van der Waals surface area contributed by atoms with Gasteiger partial charge in [-0.25, -0.2) is 0 Å². The second-order valence-corrected chi connectivity index (χ2v) is 5.53. The molecule has 2 atom stereocenters. The lowest BCUT2D eigenvalue weighted by molar-refractivity contribution is 0.00863. The van der Waals surface area contributed by atoms with Crippen LogP contribution in [0.3, 0.4) is 0 Å². The minimum absolute atomic E-state index is 0.545. The molecule has 0 heterocycles. The van der Waals surface area contributed by atoms with E-state index in [9.17, 15) is 5.11 Å². The molecule has 90 valence electrons. The summed E-state index contributed by atoms with van der Waals surface area (Å²) in [5.41, 5.74) is 0.337. The van der Waals surface area contributed by atoms with Crippen LogP contribution in [0.5, 0.6) is 0 Å². The van der Waals surface area contributed by atoms with Crippen molar-refractivity contribution in [1.29, 1.82) is 0 Å². The topological polar surface area (TPSA) is 20.2 Å². The summed E-state index contributed by atoms with van der Waals surface area (Å²) < 4.78 is 1.03. The van der Waals surface area contributed by atoms with Crippen LogP contribution in [0, 0.1) is 5.92 Å². The fourth-order valence-electron chi connectivity index (χ4n) is 1.97. The van der Waals surface area contributed by atoms with Crippen molar-refractivity contribution < 1.29 is 5.11 Å². The van der Waals surface area contributed by atoms with Gasteiger partial charge in [0.2, 0.25) is 0 Å². The lowest BCUT2D eigenvalue weighted by atomic mass is 9.82. The van der Waals surface area contributed by atoms with E-state index in [1.165, 1.54) is 0 Å². The van der Waals surface area contributed by atoms with Gasteiger partial charge in [0.1, 0.15) is 0 Å². The van der Waals surface area contributed by atoms with E-state index in [1.54, 1.807) is 0 Å². The lowest BCUT2D eigenvalue weighted by Crippen LogP contribution is -2.27. The largest absolute Gasteiger partial charge is 0.385 e. The molecule has 0 amide bonds. The Bertz CT molecular complexity index is 337. The molecule has 0 spiro atoms. The Morgan fingerprint density at radius 3 is 2.56 bits per heavy atom. The van der Waals surface area contributed by atoms with Crippen molar-refractivity contribution in [2.24, 2.45) is 5.92 Å².